The van der Waals surface area contributed by atoms with E-state index in [2.05, 4.69) is 11.8 Å². The van der Waals surface area contributed by atoms with E-state index in [1.807, 2.05) is 13.0 Å². The summed E-state index contributed by atoms with van der Waals surface area (Å²) in [5.74, 6) is 0.850. The molecule has 1 unspecified atom stereocenters. The van der Waals surface area contributed by atoms with Gasteiger partial charge in [0.1, 0.15) is 0 Å². The van der Waals surface area contributed by atoms with Crippen LogP contribution in [0.2, 0.25) is 0 Å². The highest BCUT2D eigenvalue weighted by Crippen LogP contribution is 2.22. The normalized spacial score (nSPS) is 20.5. The Hall–Kier alpha value is -0.710. The van der Waals surface area contributed by atoms with E-state index in [0.717, 1.165) is 36.6 Å². The van der Waals surface area contributed by atoms with Crippen molar-refractivity contribution in [3.05, 3.63) is 21.4 Å². The van der Waals surface area contributed by atoms with Crippen molar-refractivity contribution in [3.8, 4) is 0 Å². The van der Waals surface area contributed by atoms with Crippen molar-refractivity contribution < 1.29 is 9.53 Å². The summed E-state index contributed by atoms with van der Waals surface area (Å²) < 4.78 is 5.18. The third-order valence-corrected chi connectivity index (χ3v) is 4.45. The standard InChI is InChI=1S/C14H21NO2S/c1-10-6-13(11(2)18-10)14(16)8-15-5-4-12(7-15)9-17-3/h6,12H,4-5,7-9H2,1-3H3. The molecule has 0 spiro atoms. The zero-order chi connectivity index (χ0) is 13.1. The lowest BCUT2D eigenvalue weighted by molar-refractivity contribution is 0.0937. The van der Waals surface area contributed by atoms with Crippen LogP contribution >= 0.6 is 11.3 Å². The molecule has 1 aromatic heterocycles. The summed E-state index contributed by atoms with van der Waals surface area (Å²) in [5, 5.41) is 0. The van der Waals surface area contributed by atoms with Crippen LogP contribution in [0.5, 0.6) is 0 Å². The predicted octanol–water partition coefficient (Wildman–Crippen LogP) is 2.52. The van der Waals surface area contributed by atoms with Gasteiger partial charge in [0.05, 0.1) is 13.2 Å². The van der Waals surface area contributed by atoms with Crippen molar-refractivity contribution in [1.82, 2.24) is 4.90 Å². The first kappa shape index (κ1) is 13.7. The number of ether oxygens (including phenoxy) is 1. The lowest BCUT2D eigenvalue weighted by atomic mass is 10.1. The van der Waals surface area contributed by atoms with E-state index in [-0.39, 0.29) is 5.78 Å². The number of nitrogens with zero attached hydrogens (tertiary/aromatic N) is 1. The van der Waals surface area contributed by atoms with Crippen LogP contribution in [0.15, 0.2) is 6.07 Å². The molecule has 1 atom stereocenters. The highest BCUT2D eigenvalue weighted by molar-refractivity contribution is 7.12. The maximum Gasteiger partial charge on any atom is 0.177 e. The van der Waals surface area contributed by atoms with Crippen LogP contribution in [0, 0.1) is 19.8 Å². The predicted molar refractivity (Wildman–Crippen MR) is 74.5 cm³/mol. The number of hydrogen-bond donors (Lipinski definition) is 0. The molecule has 1 aromatic rings. The molecule has 1 fully saturated rings. The van der Waals surface area contributed by atoms with Gasteiger partial charge in [0, 0.05) is 29.0 Å². The largest absolute Gasteiger partial charge is 0.384 e. The van der Waals surface area contributed by atoms with Crippen LogP contribution in [-0.4, -0.2) is 44.0 Å². The van der Waals surface area contributed by atoms with Gasteiger partial charge in [0.15, 0.2) is 5.78 Å². The zero-order valence-electron chi connectivity index (χ0n) is 11.4. The lowest BCUT2D eigenvalue weighted by Crippen LogP contribution is -2.28. The number of carbonyl (C=O) groups excluding carboxylic acids is 1. The van der Waals surface area contributed by atoms with Gasteiger partial charge >= 0.3 is 0 Å². The first-order valence-corrected chi connectivity index (χ1v) is 7.23. The van der Waals surface area contributed by atoms with E-state index < -0.39 is 0 Å². The molecule has 2 rings (SSSR count). The van der Waals surface area contributed by atoms with Crippen LogP contribution in [-0.2, 0) is 4.74 Å². The third-order valence-electron chi connectivity index (χ3n) is 3.48. The highest BCUT2D eigenvalue weighted by atomic mass is 32.1. The van der Waals surface area contributed by atoms with Gasteiger partial charge < -0.3 is 4.74 Å². The highest BCUT2D eigenvalue weighted by Gasteiger charge is 2.24. The maximum absolute atomic E-state index is 12.2. The monoisotopic (exact) mass is 267 g/mol. The number of methoxy groups -OCH3 is 1. The number of aryl methyl sites for hydroxylation is 2. The van der Waals surface area contributed by atoms with E-state index in [1.54, 1.807) is 18.4 Å². The van der Waals surface area contributed by atoms with Gasteiger partial charge in [-0.25, -0.2) is 0 Å². The maximum atomic E-state index is 12.2. The smallest absolute Gasteiger partial charge is 0.177 e. The summed E-state index contributed by atoms with van der Waals surface area (Å²) in [6.45, 7) is 7.45. The van der Waals surface area contributed by atoms with Gasteiger partial charge in [-0.3, -0.25) is 9.69 Å². The average Bonchev–Trinajstić information content (AvgIpc) is 2.86. The van der Waals surface area contributed by atoms with E-state index in [9.17, 15) is 4.79 Å². The van der Waals surface area contributed by atoms with Crippen LogP contribution in [0.3, 0.4) is 0 Å². The average molecular weight is 267 g/mol. The van der Waals surface area contributed by atoms with Gasteiger partial charge in [0.25, 0.3) is 0 Å². The van der Waals surface area contributed by atoms with Crippen molar-refractivity contribution in [2.24, 2.45) is 5.92 Å². The molecule has 0 aromatic carbocycles. The van der Waals surface area contributed by atoms with Gasteiger partial charge in [-0.2, -0.15) is 0 Å². The second-order valence-electron chi connectivity index (χ2n) is 5.10. The molecule has 3 nitrogen and oxygen atoms in total. The minimum Gasteiger partial charge on any atom is -0.384 e. The fourth-order valence-corrected chi connectivity index (χ4v) is 3.57. The van der Waals surface area contributed by atoms with E-state index in [4.69, 9.17) is 4.74 Å². The first-order valence-electron chi connectivity index (χ1n) is 6.41. The van der Waals surface area contributed by atoms with Crippen molar-refractivity contribution in [3.63, 3.8) is 0 Å². The molecule has 0 radical (unpaired) electrons. The molecule has 0 saturated carbocycles. The molecule has 4 heteroatoms. The van der Waals surface area contributed by atoms with Crippen LogP contribution in [0.4, 0.5) is 0 Å². The topological polar surface area (TPSA) is 29.5 Å². The van der Waals surface area contributed by atoms with E-state index >= 15 is 0 Å². The minimum atomic E-state index is 0.259. The molecule has 0 amide bonds. The molecule has 18 heavy (non-hydrogen) atoms. The molecule has 0 N–H and O–H groups in total. The molecule has 100 valence electrons. The van der Waals surface area contributed by atoms with Gasteiger partial charge in [0.2, 0.25) is 0 Å². The molecule has 1 aliphatic rings. The molecule has 0 aliphatic carbocycles. The summed E-state index contributed by atoms with van der Waals surface area (Å²) >= 11 is 1.70. The van der Waals surface area contributed by atoms with Crippen LogP contribution in [0.1, 0.15) is 26.5 Å². The number of ketones is 1. The number of thiophene rings is 1. The van der Waals surface area contributed by atoms with E-state index in [1.165, 1.54) is 4.88 Å². The van der Waals surface area contributed by atoms with Gasteiger partial charge in [-0.1, -0.05) is 0 Å². The van der Waals surface area contributed by atoms with Gasteiger partial charge in [-0.05, 0) is 38.8 Å². The second kappa shape index (κ2) is 5.95. The summed E-state index contributed by atoms with van der Waals surface area (Å²) in [6, 6.07) is 2.02. The third kappa shape index (κ3) is 3.19. The minimum absolute atomic E-state index is 0.259. The molecular weight excluding hydrogens is 246 g/mol. The Bertz CT molecular complexity index is 427. The fraction of sp³-hybridized carbons (Fsp3) is 0.643. The van der Waals surface area contributed by atoms with Crippen molar-refractivity contribution in [2.75, 3.05) is 33.4 Å². The summed E-state index contributed by atoms with van der Waals surface area (Å²) in [5.41, 5.74) is 0.910. The number of hydrogen-bond acceptors (Lipinski definition) is 4. The number of likely N-dealkylation sites (tertiary alicyclic amines) is 1. The van der Waals surface area contributed by atoms with Crippen molar-refractivity contribution in [1.29, 1.82) is 0 Å². The Labute approximate surface area is 113 Å². The Morgan fingerprint density at radius 2 is 2.33 bits per heavy atom. The summed E-state index contributed by atoms with van der Waals surface area (Å²) in [6.07, 6.45) is 1.14. The number of rotatable bonds is 5. The number of carbonyl (C=O) groups is 1. The quantitative estimate of drug-likeness (QED) is 0.768. The molecule has 1 saturated heterocycles. The zero-order valence-corrected chi connectivity index (χ0v) is 12.2. The first-order chi connectivity index (χ1) is 8.60. The van der Waals surface area contributed by atoms with Gasteiger partial charge in [-0.15, -0.1) is 11.3 Å². The second-order valence-corrected chi connectivity index (χ2v) is 6.56. The lowest BCUT2D eigenvalue weighted by Gasteiger charge is -2.14. The molecule has 2 heterocycles. The summed E-state index contributed by atoms with van der Waals surface area (Å²) in [7, 11) is 1.74. The Kier molecular flexibility index (Phi) is 4.54. The van der Waals surface area contributed by atoms with Crippen LogP contribution < -0.4 is 0 Å². The SMILES string of the molecule is COCC1CCN(CC(=O)c2cc(C)sc2C)C1. The molecule has 0 bridgehead atoms. The Balaban J connectivity index is 1.91. The molecular formula is C14H21NO2S. The Morgan fingerprint density at radius 3 is 2.94 bits per heavy atom. The van der Waals surface area contributed by atoms with E-state index in [0.29, 0.717) is 12.5 Å². The number of Topliss-reactive ketones (excluding diaryl/α,β-unsaturated/α-hetero) is 1. The Morgan fingerprint density at radius 1 is 1.56 bits per heavy atom. The van der Waals surface area contributed by atoms with Crippen molar-refractivity contribution in [2.45, 2.75) is 20.3 Å². The summed E-state index contributed by atoms with van der Waals surface area (Å²) in [4.78, 5) is 16.8. The van der Waals surface area contributed by atoms with Crippen molar-refractivity contribution >= 4 is 17.1 Å². The molecule has 1 aliphatic heterocycles. The van der Waals surface area contributed by atoms with Crippen LogP contribution in [0.25, 0.3) is 0 Å². The fourth-order valence-electron chi connectivity index (χ4n) is 2.62.